The van der Waals surface area contributed by atoms with Crippen molar-refractivity contribution in [1.29, 1.82) is 0 Å². The van der Waals surface area contributed by atoms with E-state index < -0.39 is 13.3 Å². The average Bonchev–Trinajstić information content (AvgIpc) is 2.62. The third kappa shape index (κ3) is 5.40. The second-order valence-corrected chi connectivity index (χ2v) is 9.99. The molecule has 1 heterocycles. The van der Waals surface area contributed by atoms with Crippen molar-refractivity contribution in [3.8, 4) is 0 Å². The Morgan fingerprint density at radius 2 is 2.00 bits per heavy atom. The monoisotopic (exact) mass is 381 g/mol. The minimum absolute atomic E-state index is 0.0954. The van der Waals surface area contributed by atoms with E-state index in [-0.39, 0.29) is 23.9 Å². The molecule has 1 aliphatic carbocycles. The van der Waals surface area contributed by atoms with Gasteiger partial charge in [-0.15, -0.1) is 0 Å². The Morgan fingerprint density at radius 3 is 2.65 bits per heavy atom. The molecule has 3 atom stereocenters. The summed E-state index contributed by atoms with van der Waals surface area (Å²) in [5, 5.41) is 12.4. The fourth-order valence-electron chi connectivity index (χ4n) is 4.01. The molecule has 0 bridgehead atoms. The van der Waals surface area contributed by atoms with E-state index >= 15 is 0 Å². The van der Waals surface area contributed by atoms with E-state index in [4.69, 9.17) is 9.84 Å². The van der Waals surface area contributed by atoms with Crippen molar-refractivity contribution >= 4 is 13.3 Å². The zero-order valence-corrected chi connectivity index (χ0v) is 15.9. The van der Waals surface area contributed by atoms with Gasteiger partial charge in [-0.25, -0.2) is 4.79 Å². The van der Waals surface area contributed by atoms with Gasteiger partial charge in [0.25, 0.3) is 0 Å². The molecule has 2 fully saturated rings. The van der Waals surface area contributed by atoms with E-state index in [1.165, 1.54) is 19.3 Å². The molecule has 26 heavy (non-hydrogen) atoms. The van der Waals surface area contributed by atoms with Crippen molar-refractivity contribution in [3.05, 3.63) is 35.4 Å². The number of carboxylic acids is 1. The van der Waals surface area contributed by atoms with E-state index in [0.717, 1.165) is 18.4 Å². The summed E-state index contributed by atoms with van der Waals surface area (Å²) in [6, 6.07) is 6.70. The fourth-order valence-corrected chi connectivity index (χ4v) is 6.20. The van der Waals surface area contributed by atoms with Crippen LogP contribution >= 0.6 is 7.37 Å². The van der Waals surface area contributed by atoms with Gasteiger partial charge in [-0.3, -0.25) is 4.57 Å². The van der Waals surface area contributed by atoms with Crippen molar-refractivity contribution in [2.75, 3.05) is 25.5 Å². The predicted octanol–water partition coefficient (Wildman–Crippen LogP) is 3.27. The molecule has 1 aromatic rings. The molecule has 1 saturated carbocycles. The zero-order valence-electron chi connectivity index (χ0n) is 15.0. The van der Waals surface area contributed by atoms with Gasteiger partial charge < -0.3 is 20.1 Å². The number of hydrogen-bond donors (Lipinski definition) is 3. The van der Waals surface area contributed by atoms with Crippen LogP contribution in [0, 0.1) is 5.92 Å². The van der Waals surface area contributed by atoms with Gasteiger partial charge in [0.2, 0.25) is 7.37 Å². The van der Waals surface area contributed by atoms with Crippen LogP contribution in [-0.2, 0) is 9.30 Å². The van der Waals surface area contributed by atoms with Gasteiger partial charge in [0, 0.05) is 12.7 Å². The van der Waals surface area contributed by atoms with Crippen LogP contribution in [0.5, 0.6) is 0 Å². The Hall–Kier alpha value is -1.20. The molecule has 7 heteroatoms. The van der Waals surface area contributed by atoms with E-state index in [1.807, 2.05) is 6.07 Å². The van der Waals surface area contributed by atoms with Crippen LogP contribution in [0.25, 0.3) is 0 Å². The summed E-state index contributed by atoms with van der Waals surface area (Å²) in [6.07, 6.45) is 6.05. The van der Waals surface area contributed by atoms with Crippen LogP contribution in [0.4, 0.5) is 0 Å². The van der Waals surface area contributed by atoms with Gasteiger partial charge in [-0.05, 0) is 36.5 Å². The third-order valence-electron chi connectivity index (χ3n) is 5.38. The van der Waals surface area contributed by atoms with Gasteiger partial charge >= 0.3 is 5.97 Å². The topological polar surface area (TPSA) is 95.9 Å². The number of carboxylic acid groups (broad SMARTS) is 1. The molecule has 3 rings (SSSR count). The quantitative estimate of drug-likeness (QED) is 0.655. The largest absolute Gasteiger partial charge is 0.478 e. The molecule has 1 unspecified atom stereocenters. The van der Waals surface area contributed by atoms with Crippen molar-refractivity contribution in [2.24, 2.45) is 5.92 Å². The molecule has 0 spiro atoms. The minimum Gasteiger partial charge on any atom is -0.478 e. The lowest BCUT2D eigenvalue weighted by molar-refractivity contribution is 0.0156. The molecule has 0 radical (unpaired) electrons. The Labute approximate surface area is 154 Å². The Balaban J connectivity index is 1.51. The highest BCUT2D eigenvalue weighted by Gasteiger charge is 2.31. The van der Waals surface area contributed by atoms with Crippen molar-refractivity contribution in [3.63, 3.8) is 0 Å². The van der Waals surface area contributed by atoms with Crippen LogP contribution < -0.4 is 5.32 Å². The Bertz CT molecular complexity index is 666. The smallest absolute Gasteiger partial charge is 0.335 e. The van der Waals surface area contributed by atoms with E-state index in [9.17, 15) is 14.3 Å². The van der Waals surface area contributed by atoms with E-state index in [2.05, 4.69) is 5.32 Å². The SMILES string of the molecule is O=C(O)c1cccc([C@H]2CO[C@H](CP(=O)(O)CC3CCCCC3)CN2)c1. The van der Waals surface area contributed by atoms with Crippen LogP contribution in [0.3, 0.4) is 0 Å². The first-order valence-electron chi connectivity index (χ1n) is 9.42. The minimum atomic E-state index is -3.18. The normalized spacial score (nSPS) is 27.0. The maximum atomic E-state index is 12.6. The molecule has 0 amide bonds. The molecule has 2 aliphatic rings. The summed E-state index contributed by atoms with van der Waals surface area (Å²) in [6.45, 7) is 0.869. The maximum Gasteiger partial charge on any atom is 0.335 e. The third-order valence-corrected chi connectivity index (χ3v) is 7.45. The Kier molecular flexibility index (Phi) is 6.51. The second-order valence-electron chi connectivity index (χ2n) is 7.56. The van der Waals surface area contributed by atoms with Crippen molar-refractivity contribution in [1.82, 2.24) is 5.32 Å². The number of benzene rings is 1. The van der Waals surface area contributed by atoms with Gasteiger partial charge in [-0.1, -0.05) is 31.4 Å². The summed E-state index contributed by atoms with van der Waals surface area (Å²) in [5.74, 6) is -0.576. The first-order chi connectivity index (χ1) is 12.4. The number of ether oxygens (including phenoxy) is 1. The van der Waals surface area contributed by atoms with Crippen LogP contribution in [0.1, 0.15) is 54.1 Å². The maximum absolute atomic E-state index is 12.6. The number of carbonyl (C=O) groups is 1. The molecular formula is C19H28NO5P. The van der Waals surface area contributed by atoms with Crippen LogP contribution in [0.15, 0.2) is 24.3 Å². The van der Waals surface area contributed by atoms with Gasteiger partial charge in [-0.2, -0.15) is 0 Å². The van der Waals surface area contributed by atoms with E-state index in [1.54, 1.807) is 18.2 Å². The number of rotatable bonds is 6. The zero-order chi connectivity index (χ0) is 18.6. The number of hydrogen-bond acceptors (Lipinski definition) is 4. The summed E-state index contributed by atoms with van der Waals surface area (Å²) < 4.78 is 18.4. The lowest BCUT2D eigenvalue weighted by Gasteiger charge is -2.32. The number of nitrogens with one attached hydrogen (secondary N) is 1. The molecule has 3 N–H and O–H groups in total. The van der Waals surface area contributed by atoms with Crippen LogP contribution in [0.2, 0.25) is 0 Å². The Morgan fingerprint density at radius 1 is 1.23 bits per heavy atom. The second kappa shape index (κ2) is 8.66. The van der Waals surface area contributed by atoms with Crippen molar-refractivity contribution in [2.45, 2.75) is 44.2 Å². The summed E-state index contributed by atoms with van der Waals surface area (Å²) in [7, 11) is -3.18. The summed E-state index contributed by atoms with van der Waals surface area (Å²) >= 11 is 0. The molecule has 1 saturated heterocycles. The van der Waals surface area contributed by atoms with Crippen molar-refractivity contribution < 1.29 is 24.1 Å². The summed E-state index contributed by atoms with van der Waals surface area (Å²) in [4.78, 5) is 21.5. The molecule has 6 nitrogen and oxygen atoms in total. The lowest BCUT2D eigenvalue weighted by atomic mass is 9.91. The average molecular weight is 381 g/mol. The molecule has 1 aliphatic heterocycles. The van der Waals surface area contributed by atoms with Gasteiger partial charge in [0.15, 0.2) is 0 Å². The first kappa shape index (κ1) is 19.6. The lowest BCUT2D eigenvalue weighted by Crippen LogP contribution is -2.43. The predicted molar refractivity (Wildman–Crippen MR) is 100 cm³/mol. The standard InChI is InChI=1S/C19H28NO5P/c21-19(22)16-8-4-7-15(9-16)18-11-25-17(10-20-18)13-26(23,24)12-14-5-2-1-3-6-14/h4,7-9,14,17-18,20H,1-3,5-6,10-13H2,(H,21,22)(H,23,24)/t17-,18+/m0/s1. The number of aromatic carboxylic acids is 1. The molecule has 1 aromatic carbocycles. The van der Waals surface area contributed by atoms with Gasteiger partial charge in [0.1, 0.15) is 0 Å². The molecule has 0 aromatic heterocycles. The number of morpholine rings is 1. The summed E-state index contributed by atoms with van der Waals surface area (Å²) in [5.41, 5.74) is 1.11. The highest BCUT2D eigenvalue weighted by Crippen LogP contribution is 2.46. The van der Waals surface area contributed by atoms with Crippen LogP contribution in [-0.4, -0.2) is 47.5 Å². The highest BCUT2D eigenvalue weighted by atomic mass is 31.2. The van der Waals surface area contributed by atoms with E-state index in [0.29, 0.717) is 25.2 Å². The molecular weight excluding hydrogens is 353 g/mol. The first-order valence-corrected chi connectivity index (χ1v) is 11.4. The van der Waals surface area contributed by atoms with Gasteiger partial charge in [0.05, 0.1) is 30.5 Å². The highest BCUT2D eigenvalue weighted by molar-refractivity contribution is 7.58. The fraction of sp³-hybridized carbons (Fsp3) is 0.632. The molecule has 144 valence electrons.